The number of benzene rings is 1. The zero-order chi connectivity index (χ0) is 15.1. The fourth-order valence-electron chi connectivity index (χ4n) is 3.08. The predicted molar refractivity (Wildman–Crippen MR) is 86.7 cm³/mol. The third-order valence-corrected chi connectivity index (χ3v) is 4.47. The number of aromatic nitrogens is 4. The van der Waals surface area contributed by atoms with Gasteiger partial charge in [-0.1, -0.05) is 30.3 Å². The molecule has 0 amide bonds. The maximum Gasteiger partial charge on any atom is 0.0961 e. The van der Waals surface area contributed by atoms with Crippen LogP contribution in [0.1, 0.15) is 43.0 Å². The van der Waals surface area contributed by atoms with E-state index in [0.717, 1.165) is 5.69 Å². The Bertz CT molecular complexity index is 781. The van der Waals surface area contributed by atoms with Crippen LogP contribution in [0.5, 0.6) is 0 Å². The van der Waals surface area contributed by atoms with Crippen LogP contribution in [0, 0.1) is 0 Å². The molecular formula is C18H20N4. The van der Waals surface area contributed by atoms with Crippen LogP contribution in [0.15, 0.2) is 49.1 Å². The molecule has 2 heterocycles. The molecule has 1 aromatic carbocycles. The summed E-state index contributed by atoms with van der Waals surface area (Å²) in [7, 11) is 1.96. The van der Waals surface area contributed by atoms with Crippen LogP contribution in [0.2, 0.25) is 0 Å². The summed E-state index contributed by atoms with van der Waals surface area (Å²) in [5, 5.41) is 4.30. The van der Waals surface area contributed by atoms with E-state index in [9.17, 15) is 0 Å². The lowest BCUT2D eigenvalue weighted by atomic mass is 10.1. The molecule has 0 radical (unpaired) electrons. The summed E-state index contributed by atoms with van der Waals surface area (Å²) < 4.78 is 4.19. The van der Waals surface area contributed by atoms with E-state index in [4.69, 9.17) is 4.98 Å². The highest BCUT2D eigenvalue weighted by atomic mass is 15.2. The van der Waals surface area contributed by atoms with E-state index in [0.29, 0.717) is 5.92 Å². The first kappa shape index (κ1) is 13.3. The highest BCUT2D eigenvalue weighted by Gasteiger charge is 2.32. The second kappa shape index (κ2) is 5.13. The Balaban J connectivity index is 1.79. The molecule has 0 N–H and O–H groups in total. The third kappa shape index (κ3) is 2.25. The molecule has 1 fully saturated rings. The minimum atomic E-state index is 0.259. The summed E-state index contributed by atoms with van der Waals surface area (Å²) in [6.07, 6.45) is 8.57. The molecule has 1 atom stereocenters. The van der Waals surface area contributed by atoms with Crippen molar-refractivity contribution in [1.82, 2.24) is 19.3 Å². The van der Waals surface area contributed by atoms with Gasteiger partial charge in [-0.3, -0.25) is 4.68 Å². The largest absolute Gasteiger partial charge is 0.326 e. The Morgan fingerprint density at radius 1 is 1.18 bits per heavy atom. The van der Waals surface area contributed by atoms with Gasteiger partial charge in [0, 0.05) is 36.0 Å². The summed E-state index contributed by atoms with van der Waals surface area (Å²) >= 11 is 0. The van der Waals surface area contributed by atoms with Gasteiger partial charge in [-0.15, -0.1) is 0 Å². The number of imidazole rings is 1. The molecule has 3 aromatic rings. The van der Waals surface area contributed by atoms with Gasteiger partial charge in [0.15, 0.2) is 0 Å². The van der Waals surface area contributed by atoms with Crippen molar-refractivity contribution >= 4 is 0 Å². The molecule has 0 aliphatic heterocycles. The summed E-state index contributed by atoms with van der Waals surface area (Å²) in [5.41, 5.74) is 4.95. The van der Waals surface area contributed by atoms with E-state index < -0.39 is 0 Å². The molecule has 22 heavy (non-hydrogen) atoms. The summed E-state index contributed by atoms with van der Waals surface area (Å²) in [5.74, 6) is 0.650. The molecule has 1 aliphatic carbocycles. The van der Waals surface area contributed by atoms with E-state index in [-0.39, 0.29) is 6.04 Å². The van der Waals surface area contributed by atoms with Crippen molar-refractivity contribution in [2.75, 3.05) is 0 Å². The molecule has 4 rings (SSSR count). The standard InChI is InChI=1S/C18H20N4/c1-13(16-10-20-21(2)11-16)22-12-19-17(18(22)15-8-9-15)14-6-4-3-5-7-14/h3-7,10-13,15H,8-9H2,1-2H3. The Hall–Kier alpha value is -2.36. The summed E-state index contributed by atoms with van der Waals surface area (Å²) in [6.45, 7) is 2.22. The van der Waals surface area contributed by atoms with Gasteiger partial charge in [-0.25, -0.2) is 4.98 Å². The fraction of sp³-hybridized carbons (Fsp3) is 0.333. The van der Waals surface area contributed by atoms with E-state index in [2.05, 4.69) is 53.1 Å². The topological polar surface area (TPSA) is 35.6 Å². The van der Waals surface area contributed by atoms with Crippen LogP contribution in [0.4, 0.5) is 0 Å². The van der Waals surface area contributed by atoms with Crippen molar-refractivity contribution in [3.63, 3.8) is 0 Å². The van der Waals surface area contributed by atoms with E-state index >= 15 is 0 Å². The lowest BCUT2D eigenvalue weighted by Gasteiger charge is -2.16. The quantitative estimate of drug-likeness (QED) is 0.734. The van der Waals surface area contributed by atoms with Gasteiger partial charge < -0.3 is 4.57 Å². The molecule has 0 saturated heterocycles. The Morgan fingerprint density at radius 2 is 1.95 bits per heavy atom. The lowest BCUT2D eigenvalue weighted by molar-refractivity contribution is 0.609. The van der Waals surface area contributed by atoms with Gasteiger partial charge in [0.05, 0.1) is 24.3 Å². The van der Waals surface area contributed by atoms with E-state index in [1.807, 2.05) is 24.3 Å². The lowest BCUT2D eigenvalue weighted by Crippen LogP contribution is -2.08. The number of hydrogen-bond acceptors (Lipinski definition) is 2. The SMILES string of the molecule is CC(c1cnn(C)c1)n1cnc(-c2ccccc2)c1C1CC1. The summed E-state index contributed by atoms with van der Waals surface area (Å²) in [6, 6.07) is 10.8. The van der Waals surface area contributed by atoms with Gasteiger partial charge in [-0.2, -0.15) is 5.10 Å². The molecule has 1 saturated carbocycles. The van der Waals surface area contributed by atoms with Crippen LogP contribution in [0.3, 0.4) is 0 Å². The zero-order valence-corrected chi connectivity index (χ0v) is 13.0. The molecular weight excluding hydrogens is 272 g/mol. The van der Waals surface area contributed by atoms with Crippen molar-refractivity contribution < 1.29 is 0 Å². The second-order valence-corrected chi connectivity index (χ2v) is 6.15. The molecule has 4 heteroatoms. The molecule has 1 unspecified atom stereocenters. The average Bonchev–Trinajstić information content (AvgIpc) is 3.13. The first-order valence-corrected chi connectivity index (χ1v) is 7.84. The third-order valence-electron chi connectivity index (χ3n) is 4.47. The van der Waals surface area contributed by atoms with Gasteiger partial charge in [-0.05, 0) is 19.8 Å². The van der Waals surface area contributed by atoms with Crippen molar-refractivity contribution in [2.45, 2.75) is 31.7 Å². The number of hydrogen-bond donors (Lipinski definition) is 0. The van der Waals surface area contributed by atoms with Gasteiger partial charge in [0.1, 0.15) is 0 Å². The maximum absolute atomic E-state index is 4.74. The fourth-order valence-corrected chi connectivity index (χ4v) is 3.08. The normalized spacial score (nSPS) is 15.9. The van der Waals surface area contributed by atoms with Crippen LogP contribution >= 0.6 is 0 Å². The Labute approximate surface area is 130 Å². The highest BCUT2D eigenvalue weighted by Crippen LogP contribution is 2.45. The average molecular weight is 292 g/mol. The van der Waals surface area contributed by atoms with E-state index in [1.165, 1.54) is 29.7 Å². The second-order valence-electron chi connectivity index (χ2n) is 6.15. The smallest absolute Gasteiger partial charge is 0.0961 e. The van der Waals surface area contributed by atoms with E-state index in [1.54, 1.807) is 0 Å². The first-order chi connectivity index (χ1) is 10.7. The van der Waals surface area contributed by atoms with Gasteiger partial charge >= 0.3 is 0 Å². The van der Waals surface area contributed by atoms with Crippen LogP contribution < -0.4 is 0 Å². The Morgan fingerprint density at radius 3 is 2.59 bits per heavy atom. The number of rotatable bonds is 4. The first-order valence-electron chi connectivity index (χ1n) is 7.84. The van der Waals surface area contributed by atoms with Crippen LogP contribution in [-0.2, 0) is 7.05 Å². The molecule has 2 aromatic heterocycles. The number of nitrogens with zero attached hydrogens (tertiary/aromatic N) is 4. The zero-order valence-electron chi connectivity index (χ0n) is 13.0. The predicted octanol–water partition coefficient (Wildman–Crippen LogP) is 3.77. The number of aryl methyl sites for hydroxylation is 1. The maximum atomic E-state index is 4.74. The highest BCUT2D eigenvalue weighted by molar-refractivity contribution is 5.63. The van der Waals surface area contributed by atoms with Crippen molar-refractivity contribution in [1.29, 1.82) is 0 Å². The molecule has 4 nitrogen and oxygen atoms in total. The Kier molecular flexibility index (Phi) is 3.10. The monoisotopic (exact) mass is 292 g/mol. The summed E-state index contributed by atoms with van der Waals surface area (Å²) in [4.78, 5) is 4.74. The molecule has 0 spiro atoms. The molecule has 112 valence electrons. The van der Waals surface area contributed by atoms with Crippen LogP contribution in [-0.4, -0.2) is 19.3 Å². The minimum absolute atomic E-state index is 0.259. The van der Waals surface area contributed by atoms with Crippen molar-refractivity contribution in [2.24, 2.45) is 7.05 Å². The molecule has 1 aliphatic rings. The minimum Gasteiger partial charge on any atom is -0.326 e. The van der Waals surface area contributed by atoms with Crippen LogP contribution in [0.25, 0.3) is 11.3 Å². The van der Waals surface area contributed by atoms with Gasteiger partial charge in [0.25, 0.3) is 0 Å². The van der Waals surface area contributed by atoms with Crippen molar-refractivity contribution in [3.8, 4) is 11.3 Å². The van der Waals surface area contributed by atoms with Crippen molar-refractivity contribution in [3.05, 3.63) is 60.3 Å². The molecule has 0 bridgehead atoms. The van der Waals surface area contributed by atoms with Gasteiger partial charge in [0.2, 0.25) is 0 Å².